The fraction of sp³-hybridized carbons (Fsp3) is 0.182. The monoisotopic (exact) mass is 229 g/mol. The molecule has 2 heterocycles. The Kier molecular flexibility index (Phi) is 2.25. The Morgan fingerprint density at radius 1 is 1.25 bits per heavy atom. The van der Waals surface area contributed by atoms with E-state index in [2.05, 4.69) is 27.1 Å². The molecule has 16 heavy (non-hydrogen) atoms. The number of fused-ring (bicyclic) bond motifs is 3. The van der Waals surface area contributed by atoms with E-state index in [0.29, 0.717) is 10.8 Å². The molecule has 3 rings (SSSR count). The number of thioether (sulfide) groups is 1. The van der Waals surface area contributed by atoms with Crippen LogP contribution in [0, 0.1) is 0 Å². The molecule has 0 saturated carbocycles. The number of para-hydroxylation sites is 1. The zero-order chi connectivity index (χ0) is 11.0. The highest BCUT2D eigenvalue weighted by atomic mass is 32.2. The molecular formula is C11H9N4S-. The summed E-state index contributed by atoms with van der Waals surface area (Å²) in [7, 11) is 0. The molecule has 0 fully saturated rings. The van der Waals surface area contributed by atoms with Crippen molar-refractivity contribution in [1.29, 1.82) is 0 Å². The molecule has 2 aromatic heterocycles. The normalized spacial score (nSPS) is 11.3. The van der Waals surface area contributed by atoms with Gasteiger partial charge in [0.25, 0.3) is 0 Å². The molecule has 5 heteroatoms. The van der Waals surface area contributed by atoms with Gasteiger partial charge in [-0.3, -0.25) is 0 Å². The van der Waals surface area contributed by atoms with E-state index in [1.54, 1.807) is 11.8 Å². The summed E-state index contributed by atoms with van der Waals surface area (Å²) in [5.74, 6) is 0.938. The van der Waals surface area contributed by atoms with Crippen LogP contribution in [0.25, 0.3) is 22.1 Å². The van der Waals surface area contributed by atoms with Gasteiger partial charge >= 0.3 is 0 Å². The largest absolute Gasteiger partial charge is 0.434 e. The number of aromatic nitrogens is 4. The summed E-state index contributed by atoms with van der Waals surface area (Å²) in [6.45, 7) is 2.06. The highest BCUT2D eigenvalue weighted by Gasteiger charge is 2.00. The first-order valence-corrected chi connectivity index (χ1v) is 6.05. The topological polar surface area (TPSA) is 52.8 Å². The molecule has 0 radical (unpaired) electrons. The molecule has 0 bridgehead atoms. The van der Waals surface area contributed by atoms with Crippen LogP contribution in [0.3, 0.4) is 0 Å². The van der Waals surface area contributed by atoms with Crippen molar-refractivity contribution >= 4 is 33.8 Å². The minimum absolute atomic E-state index is 0.687. The standard InChI is InChI=1S/C11H9N4S/c1-2-16-11-13-10-9(14-15-11)7-5-3-4-6-8(7)12-10/h3-6H,2H2,1H3/q-1. The lowest BCUT2D eigenvalue weighted by molar-refractivity contribution is 0.878. The van der Waals surface area contributed by atoms with Crippen molar-refractivity contribution in [2.24, 2.45) is 0 Å². The number of rotatable bonds is 2. The van der Waals surface area contributed by atoms with E-state index < -0.39 is 0 Å². The lowest BCUT2D eigenvalue weighted by Gasteiger charge is -2.02. The van der Waals surface area contributed by atoms with E-state index in [9.17, 15) is 0 Å². The molecule has 0 N–H and O–H groups in total. The van der Waals surface area contributed by atoms with Crippen LogP contribution in [0.1, 0.15) is 6.92 Å². The number of nitrogens with zero attached hydrogens (tertiary/aromatic N) is 4. The van der Waals surface area contributed by atoms with Crippen LogP contribution in [-0.4, -0.2) is 20.9 Å². The van der Waals surface area contributed by atoms with E-state index >= 15 is 0 Å². The first kappa shape index (κ1) is 9.59. The Labute approximate surface area is 96.5 Å². The van der Waals surface area contributed by atoms with Gasteiger partial charge in [-0.05, 0) is 16.9 Å². The minimum Gasteiger partial charge on any atom is -0.434 e. The average Bonchev–Trinajstić information content (AvgIpc) is 2.67. The van der Waals surface area contributed by atoms with E-state index in [-0.39, 0.29) is 0 Å². The maximum atomic E-state index is 4.43. The van der Waals surface area contributed by atoms with Crippen molar-refractivity contribution in [1.82, 2.24) is 20.2 Å². The second-order valence-electron chi connectivity index (χ2n) is 3.33. The number of benzene rings is 1. The van der Waals surface area contributed by atoms with Crippen LogP contribution in [0.5, 0.6) is 0 Å². The summed E-state index contributed by atoms with van der Waals surface area (Å²) in [5.41, 5.74) is 2.40. The maximum Gasteiger partial charge on any atom is 0.108 e. The average molecular weight is 229 g/mol. The molecule has 1 aromatic carbocycles. The van der Waals surface area contributed by atoms with Crippen LogP contribution in [-0.2, 0) is 0 Å². The Morgan fingerprint density at radius 3 is 3.00 bits per heavy atom. The molecule has 0 amide bonds. The lowest BCUT2D eigenvalue weighted by atomic mass is 10.2. The summed E-state index contributed by atoms with van der Waals surface area (Å²) in [6.07, 6.45) is 0. The zero-order valence-corrected chi connectivity index (χ0v) is 9.53. The van der Waals surface area contributed by atoms with Gasteiger partial charge < -0.3 is 9.97 Å². The predicted molar refractivity (Wildman–Crippen MR) is 64.6 cm³/mol. The van der Waals surface area contributed by atoms with E-state index in [0.717, 1.165) is 22.2 Å². The van der Waals surface area contributed by atoms with Gasteiger partial charge in [0.1, 0.15) is 5.16 Å². The van der Waals surface area contributed by atoms with E-state index in [1.807, 2.05) is 24.3 Å². The summed E-state index contributed by atoms with van der Waals surface area (Å²) >= 11 is 1.58. The predicted octanol–water partition coefficient (Wildman–Crippen LogP) is 2.25. The van der Waals surface area contributed by atoms with E-state index in [4.69, 9.17) is 0 Å². The third-order valence-electron chi connectivity index (χ3n) is 2.31. The minimum atomic E-state index is 0.687. The molecule has 3 aromatic rings. The maximum absolute atomic E-state index is 4.43. The van der Waals surface area contributed by atoms with Gasteiger partial charge in [0, 0.05) is 5.39 Å². The van der Waals surface area contributed by atoms with Crippen LogP contribution < -0.4 is 4.98 Å². The molecule has 0 aliphatic carbocycles. The van der Waals surface area contributed by atoms with Crippen molar-refractivity contribution in [3.8, 4) is 0 Å². The van der Waals surface area contributed by atoms with Crippen molar-refractivity contribution in [3.63, 3.8) is 0 Å². The molecule has 0 aliphatic rings. The summed E-state index contributed by atoms with van der Waals surface area (Å²) in [4.78, 5) is 8.81. The molecule has 0 aliphatic heterocycles. The van der Waals surface area contributed by atoms with Crippen LogP contribution in [0.15, 0.2) is 29.4 Å². The van der Waals surface area contributed by atoms with Crippen molar-refractivity contribution < 1.29 is 0 Å². The Hall–Kier alpha value is -1.62. The Morgan fingerprint density at radius 2 is 2.12 bits per heavy atom. The smallest absolute Gasteiger partial charge is 0.108 e. The van der Waals surface area contributed by atoms with Gasteiger partial charge in [-0.15, -0.1) is 22.0 Å². The van der Waals surface area contributed by atoms with Crippen molar-refractivity contribution in [2.75, 3.05) is 5.75 Å². The molecule has 4 nitrogen and oxygen atoms in total. The van der Waals surface area contributed by atoms with Crippen molar-refractivity contribution in [3.05, 3.63) is 24.3 Å². The molecule has 0 saturated heterocycles. The van der Waals surface area contributed by atoms with E-state index in [1.165, 1.54) is 0 Å². The first-order valence-electron chi connectivity index (χ1n) is 5.07. The van der Waals surface area contributed by atoms with Gasteiger partial charge in [0.15, 0.2) is 0 Å². The number of hydrogen-bond donors (Lipinski definition) is 0. The summed E-state index contributed by atoms with van der Waals surface area (Å²) < 4.78 is 0. The number of hydrogen-bond acceptors (Lipinski definition) is 4. The van der Waals surface area contributed by atoms with Crippen LogP contribution in [0.2, 0.25) is 0 Å². The highest BCUT2D eigenvalue weighted by molar-refractivity contribution is 7.99. The fourth-order valence-corrected chi connectivity index (χ4v) is 2.14. The fourth-order valence-electron chi connectivity index (χ4n) is 1.63. The quantitative estimate of drug-likeness (QED) is 0.631. The van der Waals surface area contributed by atoms with Gasteiger partial charge in [-0.25, -0.2) is 0 Å². The van der Waals surface area contributed by atoms with Gasteiger partial charge in [0.2, 0.25) is 0 Å². The third-order valence-corrected chi connectivity index (χ3v) is 3.03. The highest BCUT2D eigenvalue weighted by Crippen LogP contribution is 2.22. The van der Waals surface area contributed by atoms with Gasteiger partial charge in [-0.1, -0.05) is 31.2 Å². The molecule has 0 spiro atoms. The molecular weight excluding hydrogens is 220 g/mol. The first-order chi connectivity index (χ1) is 7.88. The van der Waals surface area contributed by atoms with Crippen molar-refractivity contribution in [2.45, 2.75) is 12.1 Å². The summed E-state index contributed by atoms with van der Waals surface area (Å²) in [5, 5.41) is 9.98. The molecule has 80 valence electrons. The summed E-state index contributed by atoms with van der Waals surface area (Å²) in [6, 6.07) is 7.89. The lowest BCUT2D eigenvalue weighted by Crippen LogP contribution is -1.91. The molecule has 0 unspecified atom stereocenters. The van der Waals surface area contributed by atoms with Gasteiger partial charge in [-0.2, -0.15) is 0 Å². The SMILES string of the molecule is CCSc1nnc2c(n1)[n-]c1ccccc12. The van der Waals surface area contributed by atoms with Crippen LogP contribution in [0.4, 0.5) is 0 Å². The second-order valence-corrected chi connectivity index (χ2v) is 4.56. The zero-order valence-electron chi connectivity index (χ0n) is 8.71. The Bertz CT molecular complexity index is 647. The molecule has 0 atom stereocenters. The Balaban J connectivity index is 2.28. The van der Waals surface area contributed by atoms with Crippen LogP contribution >= 0.6 is 11.8 Å². The second kappa shape index (κ2) is 3.75. The third kappa shape index (κ3) is 1.44. The van der Waals surface area contributed by atoms with Gasteiger partial charge in [0.05, 0.1) is 5.52 Å².